The van der Waals surface area contributed by atoms with Crippen LogP contribution in [0.1, 0.15) is 32.8 Å². The molecule has 0 saturated carbocycles. The number of hydrogen-bond acceptors (Lipinski definition) is 9. The van der Waals surface area contributed by atoms with Crippen molar-refractivity contribution in [2.45, 2.75) is 33.4 Å². The number of rotatable bonds is 8. The second-order valence-electron chi connectivity index (χ2n) is 10.4. The van der Waals surface area contributed by atoms with Crippen LogP contribution in [0.2, 0.25) is 0 Å². The Morgan fingerprint density at radius 3 is 2.02 bits per heavy atom. The number of anilines is 3. The molecular formula is C29H41F3N8O4. The van der Waals surface area contributed by atoms with E-state index in [2.05, 4.69) is 36.1 Å². The fourth-order valence-electron chi connectivity index (χ4n) is 4.90. The summed E-state index contributed by atoms with van der Waals surface area (Å²) in [7, 11) is 1.51. The molecule has 0 spiro atoms. The topological polar surface area (TPSA) is 141 Å². The molecule has 0 aliphatic carbocycles. The average molecular weight is 623 g/mol. The number of carbonyl (C=O) groups is 3. The largest absolute Gasteiger partial charge is 0.494 e. The Kier molecular flexibility index (Phi) is 12.6. The highest BCUT2D eigenvalue weighted by atomic mass is 19.4. The number of amides is 3. The molecule has 0 radical (unpaired) electrons. The molecule has 2 aromatic rings. The lowest BCUT2D eigenvalue weighted by atomic mass is 9.89. The van der Waals surface area contributed by atoms with Crippen LogP contribution in [0.15, 0.2) is 30.6 Å². The zero-order valence-electron chi connectivity index (χ0n) is 25.5. The van der Waals surface area contributed by atoms with E-state index in [0.29, 0.717) is 70.2 Å². The molecule has 3 amide bonds. The lowest BCUT2D eigenvalue weighted by Crippen LogP contribution is -2.48. The lowest BCUT2D eigenvalue weighted by molar-refractivity contribution is -0.138. The van der Waals surface area contributed by atoms with Crippen LogP contribution >= 0.6 is 0 Å². The Bertz CT molecular complexity index is 1230. The molecule has 4 rings (SSSR count). The molecule has 0 bridgehead atoms. The van der Waals surface area contributed by atoms with Gasteiger partial charge in [-0.2, -0.15) is 13.2 Å². The first-order valence-electron chi connectivity index (χ1n) is 14.6. The predicted molar refractivity (Wildman–Crippen MR) is 160 cm³/mol. The second kappa shape index (κ2) is 16.1. The van der Waals surface area contributed by atoms with E-state index in [9.17, 15) is 27.6 Å². The number of carbonyl (C=O) groups excluding carboxylic acids is 3. The van der Waals surface area contributed by atoms with E-state index in [4.69, 9.17) is 4.74 Å². The third-order valence-corrected chi connectivity index (χ3v) is 7.30. The van der Waals surface area contributed by atoms with E-state index in [0.717, 1.165) is 18.1 Å². The van der Waals surface area contributed by atoms with Gasteiger partial charge in [-0.1, -0.05) is 0 Å². The van der Waals surface area contributed by atoms with Gasteiger partial charge < -0.3 is 35.8 Å². The van der Waals surface area contributed by atoms with Crippen molar-refractivity contribution in [1.29, 1.82) is 0 Å². The van der Waals surface area contributed by atoms with Gasteiger partial charge in [0.25, 0.3) is 0 Å². The van der Waals surface area contributed by atoms with Crippen molar-refractivity contribution in [3.63, 3.8) is 0 Å². The number of benzene rings is 1. The van der Waals surface area contributed by atoms with Gasteiger partial charge in [-0.05, 0) is 32.4 Å². The van der Waals surface area contributed by atoms with Crippen molar-refractivity contribution < 1.29 is 32.3 Å². The van der Waals surface area contributed by atoms with Crippen LogP contribution in [0, 0.1) is 11.8 Å². The smallest absolute Gasteiger partial charge is 0.419 e. The van der Waals surface area contributed by atoms with Crippen LogP contribution in [0.3, 0.4) is 0 Å². The maximum atomic E-state index is 12.6. The second-order valence-corrected chi connectivity index (χ2v) is 10.4. The minimum Gasteiger partial charge on any atom is -0.494 e. The molecule has 12 nitrogen and oxygen atoms in total. The summed E-state index contributed by atoms with van der Waals surface area (Å²) in [4.78, 5) is 46.1. The summed E-state index contributed by atoms with van der Waals surface area (Å²) in [5.41, 5.74) is 0.553. The molecule has 15 heteroatoms. The molecule has 1 aromatic carbocycles. The van der Waals surface area contributed by atoms with Crippen molar-refractivity contribution in [3.8, 4) is 5.75 Å². The van der Waals surface area contributed by atoms with E-state index in [1.54, 1.807) is 17.9 Å². The number of alkyl halides is 3. The number of halogens is 3. The average Bonchev–Trinajstić information content (AvgIpc) is 3.02. The zero-order chi connectivity index (χ0) is 32.3. The van der Waals surface area contributed by atoms with E-state index in [1.165, 1.54) is 7.11 Å². The maximum absolute atomic E-state index is 12.6. The number of methoxy groups -OCH3 is 1. The molecule has 242 valence electrons. The third kappa shape index (κ3) is 9.69. The monoisotopic (exact) mass is 622 g/mol. The van der Waals surface area contributed by atoms with Gasteiger partial charge in [0.2, 0.25) is 23.7 Å². The van der Waals surface area contributed by atoms with Gasteiger partial charge in [0.05, 0.1) is 30.2 Å². The Morgan fingerprint density at radius 1 is 0.977 bits per heavy atom. The molecule has 2 aliphatic rings. The van der Waals surface area contributed by atoms with Gasteiger partial charge in [-0.15, -0.1) is 0 Å². The summed E-state index contributed by atoms with van der Waals surface area (Å²) >= 11 is 0. The maximum Gasteiger partial charge on any atom is 0.419 e. The van der Waals surface area contributed by atoms with E-state index in [1.807, 2.05) is 26.0 Å². The number of ether oxygens (including phenoxy) is 1. The van der Waals surface area contributed by atoms with Crippen LogP contribution in [-0.4, -0.2) is 92.1 Å². The number of piperazine rings is 1. The quantitative estimate of drug-likeness (QED) is 0.349. The van der Waals surface area contributed by atoms with Gasteiger partial charge in [-0.3, -0.25) is 14.4 Å². The van der Waals surface area contributed by atoms with Crippen molar-refractivity contribution >= 4 is 35.0 Å². The lowest BCUT2D eigenvalue weighted by Gasteiger charge is -2.35. The van der Waals surface area contributed by atoms with E-state index >= 15 is 0 Å². The first kappa shape index (κ1) is 34.4. The number of nitrogens with one attached hydrogen (secondary N) is 4. The van der Waals surface area contributed by atoms with E-state index in [-0.39, 0.29) is 35.5 Å². The zero-order valence-corrected chi connectivity index (χ0v) is 25.5. The van der Waals surface area contributed by atoms with Crippen LogP contribution in [0.5, 0.6) is 5.75 Å². The highest BCUT2D eigenvalue weighted by Crippen LogP contribution is 2.33. The molecule has 2 unspecified atom stereocenters. The Balaban J connectivity index is 0.000000281. The summed E-state index contributed by atoms with van der Waals surface area (Å²) in [5, 5.41) is 11.6. The molecule has 44 heavy (non-hydrogen) atoms. The molecule has 2 atom stereocenters. The number of nitrogens with zero attached hydrogens (tertiary/aromatic N) is 4. The summed E-state index contributed by atoms with van der Waals surface area (Å²) < 4.78 is 43.2. The van der Waals surface area contributed by atoms with Gasteiger partial charge in [-0.25, -0.2) is 9.97 Å². The minimum atomic E-state index is -4.48. The summed E-state index contributed by atoms with van der Waals surface area (Å²) in [5.74, 6) is 0.535. The fraction of sp³-hybridized carbons (Fsp3) is 0.552. The van der Waals surface area contributed by atoms with Gasteiger partial charge in [0, 0.05) is 83.4 Å². The predicted octanol–water partition coefficient (Wildman–Crippen LogP) is 2.40. The highest BCUT2D eigenvalue weighted by molar-refractivity contribution is 5.82. The van der Waals surface area contributed by atoms with Crippen LogP contribution in [-0.2, 0) is 20.6 Å². The van der Waals surface area contributed by atoms with Crippen LogP contribution in [0.25, 0.3) is 0 Å². The Hall–Kier alpha value is -4.14. The normalized spacial score (nSPS) is 18.4. The first-order chi connectivity index (χ1) is 21.0. The summed E-state index contributed by atoms with van der Waals surface area (Å²) in [6.45, 7) is 10.7. The molecule has 4 N–H and O–H groups in total. The molecule has 3 heterocycles. The highest BCUT2D eigenvalue weighted by Gasteiger charge is 2.32. The van der Waals surface area contributed by atoms with Crippen LogP contribution in [0.4, 0.5) is 30.5 Å². The standard InChI is InChI=1S/C18H20F3N5O2.C11H21N3O2/c1-12(27)25-5-7-26(8-6-25)14-3-4-15(16(9-14)28-2)24-17-22-10-13(11-23-17)18(19,20)21;1-3-13-10(15)8-5-9(7-12-6-8)11(16)14-4-2/h3-4,9-11H,5-8H2,1-2H3,(H,22,23,24);8-9,12H,3-7H2,1-2H3,(H,13,15)(H,14,16). The van der Waals surface area contributed by atoms with E-state index < -0.39 is 11.7 Å². The molecule has 1 aromatic heterocycles. The number of piperidine rings is 1. The Morgan fingerprint density at radius 2 is 1.55 bits per heavy atom. The molecule has 2 aliphatic heterocycles. The van der Waals surface area contributed by atoms with Crippen molar-refractivity contribution in [3.05, 3.63) is 36.2 Å². The van der Waals surface area contributed by atoms with Crippen molar-refractivity contribution in [2.75, 3.05) is 69.7 Å². The molecule has 2 saturated heterocycles. The van der Waals surface area contributed by atoms with Gasteiger partial charge in [0.15, 0.2) is 0 Å². The Labute approximate surface area is 255 Å². The van der Waals surface area contributed by atoms with Gasteiger partial charge in [0.1, 0.15) is 5.75 Å². The first-order valence-corrected chi connectivity index (χ1v) is 14.6. The molecular weight excluding hydrogens is 581 g/mol. The number of aromatic nitrogens is 2. The van der Waals surface area contributed by atoms with Crippen LogP contribution < -0.4 is 30.9 Å². The third-order valence-electron chi connectivity index (χ3n) is 7.30. The van der Waals surface area contributed by atoms with Crippen molar-refractivity contribution in [2.24, 2.45) is 11.8 Å². The number of hydrogen-bond donors (Lipinski definition) is 4. The summed E-state index contributed by atoms with van der Waals surface area (Å²) in [6.07, 6.45) is -2.38. The van der Waals surface area contributed by atoms with Gasteiger partial charge >= 0.3 is 6.18 Å². The SMILES string of the molecule is CCNC(=O)C1CNCC(C(=O)NCC)C1.COc1cc(N2CCN(C(C)=O)CC2)ccc1Nc1ncc(C(F)(F)F)cn1. The summed E-state index contributed by atoms with van der Waals surface area (Å²) in [6, 6.07) is 5.46. The van der Waals surface area contributed by atoms with Crippen molar-refractivity contribution in [1.82, 2.24) is 30.8 Å². The minimum absolute atomic E-state index is 0.0362. The fourth-order valence-corrected chi connectivity index (χ4v) is 4.90. The molecule has 2 fully saturated rings.